The Kier molecular flexibility index (Phi) is 6.20. The summed E-state index contributed by atoms with van der Waals surface area (Å²) in [6.45, 7) is 9.31. The molecule has 2 heterocycles. The van der Waals surface area contributed by atoms with Crippen molar-refractivity contribution >= 4 is 11.6 Å². The first-order chi connectivity index (χ1) is 11.7. The summed E-state index contributed by atoms with van der Waals surface area (Å²) in [6.07, 6.45) is 0.200. The van der Waals surface area contributed by atoms with E-state index in [0.29, 0.717) is 13.2 Å². The highest BCUT2D eigenvalue weighted by molar-refractivity contribution is 5.92. The maximum Gasteiger partial charge on any atom is 0.238 e. The second-order valence-electron chi connectivity index (χ2n) is 6.55. The third kappa shape index (κ3) is 5.27. The Morgan fingerprint density at radius 3 is 2.54 bits per heavy atom. The van der Waals surface area contributed by atoms with E-state index in [1.54, 1.807) is 0 Å². The number of hydrogen-bond donors (Lipinski definition) is 1. The van der Waals surface area contributed by atoms with Crippen LogP contribution >= 0.6 is 0 Å². The van der Waals surface area contributed by atoms with Crippen LogP contribution in [0.25, 0.3) is 0 Å². The van der Waals surface area contributed by atoms with Gasteiger partial charge in [-0.25, -0.2) is 0 Å². The lowest BCUT2D eigenvalue weighted by molar-refractivity contribution is -0.119. The van der Waals surface area contributed by atoms with Gasteiger partial charge in [-0.3, -0.25) is 14.6 Å². The summed E-state index contributed by atoms with van der Waals surface area (Å²) in [7, 11) is 0. The predicted molar refractivity (Wildman–Crippen MR) is 93.0 cm³/mol. The van der Waals surface area contributed by atoms with Gasteiger partial charge in [-0.1, -0.05) is 12.1 Å². The van der Waals surface area contributed by atoms with Crippen molar-refractivity contribution in [3.05, 3.63) is 29.8 Å². The molecule has 2 aliphatic rings. The van der Waals surface area contributed by atoms with Crippen LogP contribution in [-0.2, 0) is 20.8 Å². The minimum absolute atomic E-state index is 0.0324. The highest BCUT2D eigenvalue weighted by Crippen LogP contribution is 2.13. The molecule has 6 nitrogen and oxygen atoms in total. The first-order valence-corrected chi connectivity index (χ1v) is 8.72. The van der Waals surface area contributed by atoms with Gasteiger partial charge in [0.05, 0.1) is 32.5 Å². The van der Waals surface area contributed by atoms with Gasteiger partial charge in [0.2, 0.25) is 5.91 Å². The van der Waals surface area contributed by atoms with E-state index in [0.717, 1.165) is 51.6 Å². The van der Waals surface area contributed by atoms with Crippen LogP contribution in [0, 0.1) is 0 Å². The molecule has 0 radical (unpaired) electrons. The maximum atomic E-state index is 12.2. The molecule has 2 fully saturated rings. The Labute approximate surface area is 143 Å². The lowest BCUT2D eigenvalue weighted by Gasteiger charge is -2.30. The second kappa shape index (κ2) is 8.58. The standard InChI is InChI=1S/C18H27N3O3/c1-15-12-21(8-11-24-15)14-18(22)19-17-4-2-16(3-5-17)13-20-6-9-23-10-7-20/h2-5,15H,6-14H2,1H3,(H,19,22). The number of carbonyl (C=O) groups excluding carboxylic acids is 1. The lowest BCUT2D eigenvalue weighted by atomic mass is 10.2. The molecule has 0 aliphatic carbocycles. The van der Waals surface area contributed by atoms with Gasteiger partial charge >= 0.3 is 0 Å². The van der Waals surface area contributed by atoms with Crippen molar-refractivity contribution in [2.75, 3.05) is 57.9 Å². The van der Waals surface area contributed by atoms with Crippen molar-refractivity contribution < 1.29 is 14.3 Å². The zero-order chi connectivity index (χ0) is 16.8. The summed E-state index contributed by atoms with van der Waals surface area (Å²) in [5.41, 5.74) is 2.11. The number of benzene rings is 1. The number of hydrogen-bond acceptors (Lipinski definition) is 5. The molecule has 3 rings (SSSR count). The van der Waals surface area contributed by atoms with Crippen LogP contribution in [0.3, 0.4) is 0 Å². The number of morpholine rings is 2. The molecular formula is C18H27N3O3. The smallest absolute Gasteiger partial charge is 0.238 e. The predicted octanol–water partition coefficient (Wildman–Crippen LogP) is 1.18. The van der Waals surface area contributed by atoms with Crippen molar-refractivity contribution in [3.63, 3.8) is 0 Å². The van der Waals surface area contributed by atoms with Crippen molar-refractivity contribution in [1.29, 1.82) is 0 Å². The number of anilines is 1. The Hall–Kier alpha value is -1.47. The van der Waals surface area contributed by atoms with Crippen molar-refractivity contribution in [1.82, 2.24) is 9.80 Å². The Balaban J connectivity index is 1.45. The number of ether oxygens (including phenoxy) is 2. The minimum Gasteiger partial charge on any atom is -0.379 e. The molecule has 1 N–H and O–H groups in total. The van der Waals surface area contributed by atoms with E-state index in [2.05, 4.69) is 27.2 Å². The third-order valence-corrected chi connectivity index (χ3v) is 4.44. The van der Waals surface area contributed by atoms with E-state index in [-0.39, 0.29) is 12.0 Å². The fourth-order valence-corrected chi connectivity index (χ4v) is 3.15. The Morgan fingerprint density at radius 2 is 1.83 bits per heavy atom. The van der Waals surface area contributed by atoms with Crippen molar-refractivity contribution in [2.24, 2.45) is 0 Å². The fourth-order valence-electron chi connectivity index (χ4n) is 3.15. The first kappa shape index (κ1) is 17.4. The average Bonchev–Trinajstić information content (AvgIpc) is 2.57. The number of carbonyl (C=O) groups is 1. The molecular weight excluding hydrogens is 306 g/mol. The summed E-state index contributed by atoms with van der Waals surface area (Å²) in [5.74, 6) is 0.0324. The van der Waals surface area contributed by atoms with Crippen LogP contribution in [0.15, 0.2) is 24.3 Å². The number of rotatable bonds is 5. The van der Waals surface area contributed by atoms with Gasteiger partial charge in [0.25, 0.3) is 0 Å². The van der Waals surface area contributed by atoms with Crippen molar-refractivity contribution in [3.8, 4) is 0 Å². The molecule has 0 spiro atoms. The monoisotopic (exact) mass is 333 g/mol. The topological polar surface area (TPSA) is 54.0 Å². The van der Waals surface area contributed by atoms with Crippen LogP contribution in [0.5, 0.6) is 0 Å². The molecule has 2 aliphatic heterocycles. The number of nitrogens with zero attached hydrogens (tertiary/aromatic N) is 2. The average molecular weight is 333 g/mol. The largest absolute Gasteiger partial charge is 0.379 e. The number of amides is 1. The van der Waals surface area contributed by atoms with E-state index < -0.39 is 0 Å². The van der Waals surface area contributed by atoms with Gasteiger partial charge in [-0.15, -0.1) is 0 Å². The summed E-state index contributed by atoms with van der Waals surface area (Å²) in [4.78, 5) is 16.7. The quantitative estimate of drug-likeness (QED) is 0.877. The molecule has 132 valence electrons. The molecule has 0 bridgehead atoms. The van der Waals surface area contributed by atoms with Gasteiger partial charge in [-0.05, 0) is 24.6 Å². The molecule has 1 unspecified atom stereocenters. The summed E-state index contributed by atoms with van der Waals surface area (Å²) < 4.78 is 10.9. The van der Waals surface area contributed by atoms with Gasteiger partial charge < -0.3 is 14.8 Å². The van der Waals surface area contributed by atoms with Crippen molar-refractivity contribution in [2.45, 2.75) is 19.6 Å². The second-order valence-corrected chi connectivity index (χ2v) is 6.55. The van der Waals surface area contributed by atoms with Crippen LogP contribution in [0.2, 0.25) is 0 Å². The zero-order valence-electron chi connectivity index (χ0n) is 14.4. The molecule has 2 saturated heterocycles. The number of nitrogens with one attached hydrogen (secondary N) is 1. The highest BCUT2D eigenvalue weighted by atomic mass is 16.5. The fraction of sp³-hybridized carbons (Fsp3) is 0.611. The van der Waals surface area contributed by atoms with E-state index in [1.165, 1.54) is 5.56 Å². The summed E-state index contributed by atoms with van der Waals surface area (Å²) in [5, 5.41) is 2.98. The molecule has 1 aromatic carbocycles. The highest BCUT2D eigenvalue weighted by Gasteiger charge is 2.19. The molecule has 24 heavy (non-hydrogen) atoms. The summed E-state index contributed by atoms with van der Waals surface area (Å²) >= 11 is 0. The molecule has 1 amide bonds. The SMILES string of the molecule is CC1CN(CC(=O)Nc2ccc(CN3CCOCC3)cc2)CCO1. The zero-order valence-corrected chi connectivity index (χ0v) is 14.4. The molecule has 0 aromatic heterocycles. The van der Waals surface area contributed by atoms with Gasteiger partial charge in [0.15, 0.2) is 0 Å². The Morgan fingerprint density at radius 1 is 1.12 bits per heavy atom. The summed E-state index contributed by atoms with van der Waals surface area (Å²) in [6, 6.07) is 8.13. The Bertz CT molecular complexity index is 529. The first-order valence-electron chi connectivity index (χ1n) is 8.72. The van der Waals surface area contributed by atoms with Crippen LogP contribution in [-0.4, -0.2) is 74.4 Å². The molecule has 1 aromatic rings. The lowest BCUT2D eigenvalue weighted by Crippen LogP contribution is -2.44. The van der Waals surface area contributed by atoms with E-state index >= 15 is 0 Å². The molecule has 6 heteroatoms. The van der Waals surface area contributed by atoms with E-state index in [4.69, 9.17) is 9.47 Å². The maximum absolute atomic E-state index is 12.2. The van der Waals surface area contributed by atoms with Crippen LogP contribution in [0.4, 0.5) is 5.69 Å². The molecule has 0 saturated carbocycles. The molecule has 1 atom stereocenters. The van der Waals surface area contributed by atoms with E-state index in [9.17, 15) is 4.79 Å². The van der Waals surface area contributed by atoms with Gasteiger partial charge in [0, 0.05) is 38.4 Å². The van der Waals surface area contributed by atoms with Crippen LogP contribution < -0.4 is 5.32 Å². The van der Waals surface area contributed by atoms with E-state index in [1.807, 2.05) is 19.1 Å². The normalized spacial score (nSPS) is 23.1. The van der Waals surface area contributed by atoms with Gasteiger partial charge in [-0.2, -0.15) is 0 Å². The minimum atomic E-state index is 0.0324. The van der Waals surface area contributed by atoms with Gasteiger partial charge in [0.1, 0.15) is 0 Å². The van der Waals surface area contributed by atoms with Crippen LogP contribution in [0.1, 0.15) is 12.5 Å². The third-order valence-electron chi connectivity index (χ3n) is 4.44.